The second kappa shape index (κ2) is 7.75. The summed E-state index contributed by atoms with van der Waals surface area (Å²) in [6, 6.07) is 10.1. The lowest BCUT2D eigenvalue weighted by Gasteiger charge is -2.43. The van der Waals surface area contributed by atoms with Gasteiger partial charge in [-0.05, 0) is 37.0 Å². The van der Waals surface area contributed by atoms with E-state index in [1.165, 1.54) is 12.5 Å². The Hall–Kier alpha value is -2.67. The summed E-state index contributed by atoms with van der Waals surface area (Å²) >= 11 is 0. The molecule has 7 heteroatoms. The van der Waals surface area contributed by atoms with Crippen LogP contribution in [0.15, 0.2) is 36.5 Å². The molecule has 0 saturated carbocycles. The van der Waals surface area contributed by atoms with Crippen molar-refractivity contribution in [2.45, 2.75) is 38.2 Å². The monoisotopic (exact) mass is 382 g/mol. The molecule has 0 unspecified atom stereocenters. The molecule has 0 bridgehead atoms. The van der Waals surface area contributed by atoms with Gasteiger partial charge in [0.05, 0.1) is 18.0 Å². The van der Waals surface area contributed by atoms with E-state index in [9.17, 15) is 9.59 Å². The van der Waals surface area contributed by atoms with Crippen molar-refractivity contribution in [2.24, 2.45) is 0 Å². The number of nitrogens with zero attached hydrogens (tertiary/aromatic N) is 3. The molecule has 2 aliphatic rings. The van der Waals surface area contributed by atoms with E-state index >= 15 is 0 Å². The predicted octanol–water partition coefficient (Wildman–Crippen LogP) is 1.79. The third-order valence-corrected chi connectivity index (χ3v) is 5.63. The number of hydrogen-bond donors (Lipinski definition) is 1. The second-order valence-electron chi connectivity index (χ2n) is 7.49. The van der Waals surface area contributed by atoms with Gasteiger partial charge in [-0.2, -0.15) is 5.10 Å². The Morgan fingerprint density at radius 3 is 2.68 bits per heavy atom. The SMILES string of the molecule is CC(=O)NCCC(=O)N1CCC2(CC1)OCCc1cn(-c3ccccc3)nc12. The van der Waals surface area contributed by atoms with Crippen molar-refractivity contribution in [3.05, 3.63) is 47.8 Å². The molecule has 0 aliphatic carbocycles. The molecule has 1 spiro atoms. The normalized spacial score (nSPS) is 18.0. The van der Waals surface area contributed by atoms with Crippen molar-refractivity contribution in [3.8, 4) is 5.69 Å². The van der Waals surface area contributed by atoms with Gasteiger partial charge in [-0.15, -0.1) is 0 Å². The van der Waals surface area contributed by atoms with E-state index < -0.39 is 5.60 Å². The van der Waals surface area contributed by atoms with Crippen LogP contribution >= 0.6 is 0 Å². The van der Waals surface area contributed by atoms with Gasteiger partial charge in [-0.1, -0.05) is 18.2 Å². The number of aromatic nitrogens is 2. The molecule has 2 aliphatic heterocycles. The van der Waals surface area contributed by atoms with Crippen LogP contribution in [0.1, 0.15) is 37.4 Å². The summed E-state index contributed by atoms with van der Waals surface area (Å²) in [6.45, 7) is 3.83. The minimum atomic E-state index is -0.401. The standard InChI is InChI=1S/C21H26N4O3/c1-16(26)22-11-7-19(27)24-12-9-21(10-13-24)20-17(8-14-28-21)15-25(23-20)18-5-3-2-4-6-18/h2-6,15H,7-14H2,1H3,(H,22,26). The molecule has 7 nitrogen and oxygen atoms in total. The summed E-state index contributed by atoms with van der Waals surface area (Å²) in [5.41, 5.74) is 2.90. The molecule has 28 heavy (non-hydrogen) atoms. The van der Waals surface area contributed by atoms with Gasteiger partial charge in [-0.25, -0.2) is 4.68 Å². The number of piperidine rings is 1. The Morgan fingerprint density at radius 1 is 1.21 bits per heavy atom. The summed E-state index contributed by atoms with van der Waals surface area (Å²) in [4.78, 5) is 25.2. The number of nitrogens with one attached hydrogen (secondary N) is 1. The summed E-state index contributed by atoms with van der Waals surface area (Å²) < 4.78 is 8.19. The van der Waals surface area contributed by atoms with Crippen molar-refractivity contribution in [1.29, 1.82) is 0 Å². The number of benzene rings is 1. The minimum Gasteiger partial charge on any atom is -0.368 e. The van der Waals surface area contributed by atoms with Crippen LogP contribution in [-0.2, 0) is 26.3 Å². The summed E-state index contributed by atoms with van der Waals surface area (Å²) in [6.07, 6.45) is 4.81. The Labute approximate surface area is 164 Å². The molecule has 1 aromatic carbocycles. The van der Waals surface area contributed by atoms with Crippen LogP contribution < -0.4 is 5.32 Å². The first-order chi connectivity index (χ1) is 13.6. The van der Waals surface area contributed by atoms with Gasteiger partial charge >= 0.3 is 0 Å². The molecular weight excluding hydrogens is 356 g/mol. The number of fused-ring (bicyclic) bond motifs is 2. The quantitative estimate of drug-likeness (QED) is 0.875. The highest BCUT2D eigenvalue weighted by Crippen LogP contribution is 2.41. The van der Waals surface area contributed by atoms with Gasteiger partial charge in [0.15, 0.2) is 0 Å². The molecular formula is C21H26N4O3. The van der Waals surface area contributed by atoms with Crippen molar-refractivity contribution < 1.29 is 14.3 Å². The van der Waals surface area contributed by atoms with Crippen molar-refractivity contribution >= 4 is 11.8 Å². The first-order valence-corrected chi connectivity index (χ1v) is 9.88. The molecule has 148 valence electrons. The Kier molecular flexibility index (Phi) is 5.17. The van der Waals surface area contributed by atoms with Gasteiger partial charge in [0.25, 0.3) is 0 Å². The number of ether oxygens (including phenoxy) is 1. The lowest BCUT2D eigenvalue weighted by molar-refractivity contribution is -0.141. The molecule has 0 atom stereocenters. The predicted molar refractivity (Wildman–Crippen MR) is 104 cm³/mol. The van der Waals surface area contributed by atoms with Crippen LogP contribution in [0.25, 0.3) is 5.69 Å². The zero-order chi connectivity index (χ0) is 19.6. The van der Waals surface area contributed by atoms with E-state index in [1.807, 2.05) is 39.9 Å². The largest absolute Gasteiger partial charge is 0.368 e. The number of para-hydroxylation sites is 1. The van der Waals surface area contributed by atoms with Gasteiger partial charge in [0, 0.05) is 39.2 Å². The molecule has 3 heterocycles. The van der Waals surface area contributed by atoms with Crippen LogP contribution in [0, 0.1) is 0 Å². The van der Waals surface area contributed by atoms with Crippen LogP contribution in [0.5, 0.6) is 0 Å². The number of hydrogen-bond acceptors (Lipinski definition) is 4. The maximum Gasteiger partial charge on any atom is 0.224 e. The van der Waals surface area contributed by atoms with E-state index in [4.69, 9.17) is 9.84 Å². The molecule has 1 fully saturated rings. The first kappa shape index (κ1) is 18.7. The number of rotatable bonds is 4. The maximum absolute atomic E-state index is 12.4. The highest BCUT2D eigenvalue weighted by Gasteiger charge is 2.44. The fourth-order valence-corrected chi connectivity index (χ4v) is 4.12. The van der Waals surface area contributed by atoms with Gasteiger partial charge in [-0.3, -0.25) is 9.59 Å². The Balaban J connectivity index is 1.46. The van der Waals surface area contributed by atoms with Gasteiger partial charge < -0.3 is 15.0 Å². The average molecular weight is 382 g/mol. The van der Waals surface area contributed by atoms with E-state index in [0.29, 0.717) is 32.7 Å². The fraction of sp³-hybridized carbons (Fsp3) is 0.476. The molecule has 2 amide bonds. The van der Waals surface area contributed by atoms with Gasteiger partial charge in [0.1, 0.15) is 5.60 Å². The zero-order valence-corrected chi connectivity index (χ0v) is 16.2. The third kappa shape index (κ3) is 3.67. The van der Waals surface area contributed by atoms with Crippen LogP contribution in [0.4, 0.5) is 0 Å². The fourth-order valence-electron chi connectivity index (χ4n) is 4.12. The Morgan fingerprint density at radius 2 is 1.96 bits per heavy atom. The summed E-state index contributed by atoms with van der Waals surface area (Å²) in [5.74, 6) is -0.0306. The smallest absolute Gasteiger partial charge is 0.224 e. The van der Waals surface area contributed by atoms with Crippen LogP contribution in [0.2, 0.25) is 0 Å². The summed E-state index contributed by atoms with van der Waals surface area (Å²) in [7, 11) is 0. The van der Waals surface area contributed by atoms with Crippen LogP contribution in [-0.4, -0.2) is 52.7 Å². The number of amides is 2. The number of carbonyl (C=O) groups is 2. The number of carbonyl (C=O) groups excluding carboxylic acids is 2. The number of likely N-dealkylation sites (tertiary alicyclic amines) is 1. The molecule has 1 saturated heterocycles. The maximum atomic E-state index is 12.4. The van der Waals surface area contributed by atoms with Crippen molar-refractivity contribution in [1.82, 2.24) is 20.0 Å². The molecule has 1 aromatic heterocycles. The third-order valence-electron chi connectivity index (χ3n) is 5.63. The van der Waals surface area contributed by atoms with E-state index in [0.717, 1.165) is 30.6 Å². The Bertz CT molecular complexity index is 854. The van der Waals surface area contributed by atoms with Crippen LogP contribution in [0.3, 0.4) is 0 Å². The van der Waals surface area contributed by atoms with Crippen molar-refractivity contribution in [3.63, 3.8) is 0 Å². The topological polar surface area (TPSA) is 76.5 Å². The van der Waals surface area contributed by atoms with Gasteiger partial charge in [0.2, 0.25) is 11.8 Å². The lowest BCUT2D eigenvalue weighted by atomic mass is 9.83. The van der Waals surface area contributed by atoms with E-state index in [2.05, 4.69) is 11.5 Å². The van der Waals surface area contributed by atoms with Crippen molar-refractivity contribution in [2.75, 3.05) is 26.2 Å². The average Bonchev–Trinajstić information content (AvgIpc) is 3.15. The van der Waals surface area contributed by atoms with E-state index in [-0.39, 0.29) is 11.8 Å². The minimum absolute atomic E-state index is 0.0782. The molecule has 0 radical (unpaired) electrons. The molecule has 2 aromatic rings. The zero-order valence-electron chi connectivity index (χ0n) is 16.2. The van der Waals surface area contributed by atoms with E-state index in [1.54, 1.807) is 0 Å². The first-order valence-electron chi connectivity index (χ1n) is 9.88. The molecule has 1 N–H and O–H groups in total. The molecule has 4 rings (SSSR count). The lowest BCUT2D eigenvalue weighted by Crippen LogP contribution is -2.48. The highest BCUT2D eigenvalue weighted by atomic mass is 16.5. The second-order valence-corrected chi connectivity index (χ2v) is 7.49. The highest BCUT2D eigenvalue weighted by molar-refractivity contribution is 5.78. The summed E-state index contributed by atoms with van der Waals surface area (Å²) in [5, 5.41) is 7.56.